The van der Waals surface area contributed by atoms with Gasteiger partial charge in [-0.1, -0.05) is 30.9 Å². The summed E-state index contributed by atoms with van der Waals surface area (Å²) in [6.45, 7) is 9.10. The van der Waals surface area contributed by atoms with E-state index in [0.717, 1.165) is 12.0 Å². The molecule has 1 aliphatic heterocycles. The standard InChI is InChI=1S/C14H24N2/c1-3-7-14(12-15)9-6-8-13(2)16-10-4-5-11-16/h3,6-7,9,13H,1,4-5,8,10-12,15H2,2H3/b9-6-,14-7+. The zero-order valence-electron chi connectivity index (χ0n) is 10.4. The maximum Gasteiger partial charge on any atom is 0.0177 e. The SMILES string of the molecule is C=C/C=C(\C=C/CC(C)N1CCCC1)CN. The van der Waals surface area contributed by atoms with Gasteiger partial charge in [-0.25, -0.2) is 0 Å². The maximum atomic E-state index is 5.62. The van der Waals surface area contributed by atoms with Crippen LogP contribution in [0.25, 0.3) is 0 Å². The molecule has 0 aromatic heterocycles. The van der Waals surface area contributed by atoms with Gasteiger partial charge in [-0.05, 0) is 44.8 Å². The van der Waals surface area contributed by atoms with Crippen LogP contribution in [0.1, 0.15) is 26.2 Å². The molecule has 1 rings (SSSR count). The van der Waals surface area contributed by atoms with Crippen LogP contribution in [0, 0.1) is 0 Å². The van der Waals surface area contributed by atoms with Crippen LogP contribution in [-0.2, 0) is 0 Å². The average molecular weight is 220 g/mol. The number of nitrogens with two attached hydrogens (primary N) is 1. The molecule has 1 unspecified atom stereocenters. The molecule has 1 aliphatic rings. The van der Waals surface area contributed by atoms with Crippen molar-refractivity contribution < 1.29 is 0 Å². The topological polar surface area (TPSA) is 29.3 Å². The zero-order chi connectivity index (χ0) is 11.8. The third-order valence-electron chi connectivity index (χ3n) is 3.14. The fraction of sp³-hybridized carbons (Fsp3) is 0.571. The van der Waals surface area contributed by atoms with Crippen molar-refractivity contribution in [2.75, 3.05) is 19.6 Å². The molecule has 0 bridgehead atoms. The molecule has 0 radical (unpaired) electrons. The fourth-order valence-electron chi connectivity index (χ4n) is 2.09. The third kappa shape index (κ3) is 4.33. The number of nitrogens with zero attached hydrogens (tertiary/aromatic N) is 1. The van der Waals surface area contributed by atoms with Gasteiger partial charge in [0.15, 0.2) is 0 Å². The normalized spacial score (nSPS) is 20.5. The Morgan fingerprint density at radius 2 is 2.12 bits per heavy atom. The molecule has 0 saturated carbocycles. The van der Waals surface area contributed by atoms with E-state index in [1.54, 1.807) is 6.08 Å². The molecular weight excluding hydrogens is 196 g/mol. The summed E-state index contributed by atoms with van der Waals surface area (Å²) in [5.74, 6) is 0. The highest BCUT2D eigenvalue weighted by Gasteiger charge is 2.16. The van der Waals surface area contributed by atoms with Crippen LogP contribution in [0.5, 0.6) is 0 Å². The van der Waals surface area contributed by atoms with E-state index in [2.05, 4.69) is 30.6 Å². The summed E-state index contributed by atoms with van der Waals surface area (Å²) in [7, 11) is 0. The lowest BCUT2D eigenvalue weighted by atomic mass is 10.1. The summed E-state index contributed by atoms with van der Waals surface area (Å²) in [6.07, 6.45) is 11.9. The largest absolute Gasteiger partial charge is 0.326 e. The van der Waals surface area contributed by atoms with Crippen LogP contribution in [0.2, 0.25) is 0 Å². The van der Waals surface area contributed by atoms with E-state index >= 15 is 0 Å². The van der Waals surface area contributed by atoms with Crippen molar-refractivity contribution in [3.05, 3.63) is 36.5 Å². The Bertz CT molecular complexity index is 260. The van der Waals surface area contributed by atoms with Gasteiger partial charge in [0.2, 0.25) is 0 Å². The Morgan fingerprint density at radius 1 is 1.44 bits per heavy atom. The Kier molecular flexibility index (Phi) is 6.12. The first kappa shape index (κ1) is 13.2. The molecule has 16 heavy (non-hydrogen) atoms. The predicted molar refractivity (Wildman–Crippen MR) is 71.4 cm³/mol. The van der Waals surface area contributed by atoms with Gasteiger partial charge >= 0.3 is 0 Å². The first-order chi connectivity index (χ1) is 7.77. The zero-order valence-corrected chi connectivity index (χ0v) is 10.4. The lowest BCUT2D eigenvalue weighted by Gasteiger charge is -2.22. The van der Waals surface area contributed by atoms with Gasteiger partial charge in [0, 0.05) is 12.6 Å². The minimum atomic E-state index is 0.584. The third-order valence-corrected chi connectivity index (χ3v) is 3.14. The van der Waals surface area contributed by atoms with Crippen LogP contribution in [-0.4, -0.2) is 30.6 Å². The van der Waals surface area contributed by atoms with Gasteiger partial charge in [0.25, 0.3) is 0 Å². The molecule has 0 aromatic rings. The average Bonchev–Trinajstić information content (AvgIpc) is 2.81. The van der Waals surface area contributed by atoms with Crippen molar-refractivity contribution in [2.24, 2.45) is 5.73 Å². The molecule has 2 heteroatoms. The summed E-state index contributed by atoms with van der Waals surface area (Å²) in [4.78, 5) is 2.56. The Balaban J connectivity index is 2.34. The van der Waals surface area contributed by atoms with E-state index in [-0.39, 0.29) is 0 Å². The van der Waals surface area contributed by atoms with Gasteiger partial charge in [-0.3, -0.25) is 0 Å². The summed E-state index contributed by atoms with van der Waals surface area (Å²) in [5, 5.41) is 0. The number of hydrogen-bond acceptors (Lipinski definition) is 2. The van der Waals surface area contributed by atoms with Crippen molar-refractivity contribution in [2.45, 2.75) is 32.2 Å². The first-order valence-corrected chi connectivity index (χ1v) is 6.20. The summed E-state index contributed by atoms with van der Waals surface area (Å²) in [6, 6.07) is 0.654. The van der Waals surface area contributed by atoms with Crippen LogP contribution in [0.15, 0.2) is 36.5 Å². The Labute approximate surface area is 99.5 Å². The van der Waals surface area contributed by atoms with E-state index in [4.69, 9.17) is 5.73 Å². The monoisotopic (exact) mass is 220 g/mol. The van der Waals surface area contributed by atoms with Crippen LogP contribution in [0.4, 0.5) is 0 Å². The molecule has 2 N–H and O–H groups in total. The highest BCUT2D eigenvalue weighted by Crippen LogP contribution is 2.14. The number of likely N-dealkylation sites (tertiary alicyclic amines) is 1. The molecule has 0 aromatic carbocycles. The molecule has 0 spiro atoms. The maximum absolute atomic E-state index is 5.62. The molecule has 1 saturated heterocycles. The molecule has 1 atom stereocenters. The molecular formula is C14H24N2. The van der Waals surface area contributed by atoms with Crippen molar-refractivity contribution in [3.8, 4) is 0 Å². The number of rotatable bonds is 6. The van der Waals surface area contributed by atoms with Crippen molar-refractivity contribution in [1.82, 2.24) is 4.90 Å². The van der Waals surface area contributed by atoms with Crippen LogP contribution in [0.3, 0.4) is 0 Å². The highest BCUT2D eigenvalue weighted by atomic mass is 15.2. The van der Waals surface area contributed by atoms with Crippen molar-refractivity contribution in [1.29, 1.82) is 0 Å². The second-order valence-corrected chi connectivity index (χ2v) is 4.41. The summed E-state index contributed by atoms with van der Waals surface area (Å²) in [5.41, 5.74) is 6.76. The lowest BCUT2D eigenvalue weighted by Crippen LogP contribution is -2.29. The second-order valence-electron chi connectivity index (χ2n) is 4.41. The minimum absolute atomic E-state index is 0.584. The Hall–Kier alpha value is -0.860. The van der Waals surface area contributed by atoms with Gasteiger partial charge in [0.1, 0.15) is 0 Å². The first-order valence-electron chi connectivity index (χ1n) is 6.20. The van der Waals surface area contributed by atoms with Gasteiger partial charge < -0.3 is 10.6 Å². The van der Waals surface area contributed by atoms with Gasteiger partial charge in [0.05, 0.1) is 0 Å². The minimum Gasteiger partial charge on any atom is -0.326 e. The molecule has 0 aliphatic carbocycles. The molecule has 90 valence electrons. The molecule has 1 fully saturated rings. The van der Waals surface area contributed by atoms with E-state index in [9.17, 15) is 0 Å². The van der Waals surface area contributed by atoms with Crippen LogP contribution < -0.4 is 5.73 Å². The Morgan fingerprint density at radius 3 is 2.69 bits per heavy atom. The second kappa shape index (κ2) is 7.42. The van der Waals surface area contributed by atoms with Crippen molar-refractivity contribution in [3.63, 3.8) is 0 Å². The quantitative estimate of drug-likeness (QED) is 0.697. The summed E-state index contributed by atoms with van der Waals surface area (Å²) < 4.78 is 0. The summed E-state index contributed by atoms with van der Waals surface area (Å²) >= 11 is 0. The van der Waals surface area contributed by atoms with Crippen LogP contribution >= 0.6 is 0 Å². The fourth-order valence-corrected chi connectivity index (χ4v) is 2.09. The van der Waals surface area contributed by atoms with E-state index in [1.165, 1.54) is 25.9 Å². The lowest BCUT2D eigenvalue weighted by molar-refractivity contribution is 0.260. The predicted octanol–water partition coefficient (Wildman–Crippen LogP) is 2.49. The van der Waals surface area contributed by atoms with Gasteiger partial charge in [-0.2, -0.15) is 0 Å². The number of hydrogen-bond donors (Lipinski definition) is 1. The molecule has 0 amide bonds. The smallest absolute Gasteiger partial charge is 0.0177 e. The number of allylic oxidation sites excluding steroid dienone is 2. The molecule has 2 nitrogen and oxygen atoms in total. The highest BCUT2D eigenvalue weighted by molar-refractivity contribution is 5.24. The van der Waals surface area contributed by atoms with E-state index < -0.39 is 0 Å². The van der Waals surface area contributed by atoms with Crippen molar-refractivity contribution >= 4 is 0 Å². The van der Waals surface area contributed by atoms with Gasteiger partial charge in [-0.15, -0.1) is 0 Å². The molecule has 1 heterocycles. The van der Waals surface area contributed by atoms with E-state index in [0.29, 0.717) is 12.6 Å². The van der Waals surface area contributed by atoms with E-state index in [1.807, 2.05) is 6.08 Å².